The number of aliphatic carboxylic acids is 1. The zero-order valence-electron chi connectivity index (χ0n) is 37.1. The number of thiazole rings is 1. The summed E-state index contributed by atoms with van der Waals surface area (Å²) in [6.07, 6.45) is 3.74. The molecule has 1 unspecified atom stereocenters. The van der Waals surface area contributed by atoms with E-state index in [-0.39, 0.29) is 61.8 Å². The molecule has 0 aliphatic carbocycles. The fourth-order valence-corrected chi connectivity index (χ4v) is 7.55. The summed E-state index contributed by atoms with van der Waals surface area (Å²) in [5.41, 5.74) is 7.51. The van der Waals surface area contributed by atoms with Crippen LogP contribution in [-0.2, 0) is 39.9 Å². The Hall–Kier alpha value is -4.57. The first kappa shape index (κ1) is 51.6. The highest BCUT2D eigenvalue weighted by Gasteiger charge is 2.38. The van der Waals surface area contributed by atoms with E-state index >= 15 is 0 Å². The number of unbranched alkanes of at least 4 members (excludes halogenated alkanes) is 2. The Bertz CT molecular complexity index is 1670. The zero-order chi connectivity index (χ0) is 44.9. The van der Waals surface area contributed by atoms with Crippen LogP contribution in [0.15, 0.2) is 29.6 Å². The van der Waals surface area contributed by atoms with Gasteiger partial charge in [-0.1, -0.05) is 73.4 Å². The summed E-state index contributed by atoms with van der Waals surface area (Å²) in [6, 6.07) is 5.28. The van der Waals surface area contributed by atoms with Crippen LogP contribution in [-0.4, -0.2) is 89.1 Å². The maximum absolute atomic E-state index is 14.7. The van der Waals surface area contributed by atoms with Crippen LogP contribution in [0.4, 0.5) is 5.69 Å². The van der Waals surface area contributed by atoms with Gasteiger partial charge in [-0.25, -0.2) is 4.98 Å². The van der Waals surface area contributed by atoms with Gasteiger partial charge in [-0.15, -0.1) is 11.3 Å². The van der Waals surface area contributed by atoms with E-state index in [1.165, 1.54) is 11.8 Å². The normalized spacial score (nSPS) is 14.4. The molecule has 336 valence electrons. The SMILES string of the molecule is CC[C@H](C)[C@H](NC(=O)CCCCCNC)C(=O)N(COC(=O)CC(C)C)[C@H](C[C@@H](OC(C)=O)c1nc(C(=O)N[C@@H](CCc2ccc(N)cc2)CC(C)C(=O)O)cs1)C(C)C. The number of carboxylic acids is 1. The number of amides is 3. The second-order valence-electron chi connectivity index (χ2n) is 16.5. The number of carboxylic acid groups (broad SMARTS) is 1. The van der Waals surface area contributed by atoms with Gasteiger partial charge in [0.05, 0.1) is 5.92 Å². The standard InChI is InChI=1S/C44H70N6O9S/c1-10-29(6)40(49-38(52)14-12-11-13-21-46-9)43(55)50(26-58-39(53)22-27(2)3)36(28(4)5)24-37(59-31(8)51)42-48-35(25-60-42)41(54)47-34(23-30(7)44(56)57)20-17-32-15-18-33(45)19-16-32/h15-16,18-19,25,27-30,34,36-37,40,46H,10-14,17,20-24,26,45H2,1-9H3,(H,47,54)(H,49,52)(H,56,57)/t29-,30?,34-,36+,37+,40-/m0/s1. The van der Waals surface area contributed by atoms with Gasteiger partial charge in [0.15, 0.2) is 12.8 Å². The Morgan fingerprint density at radius 1 is 0.950 bits per heavy atom. The lowest BCUT2D eigenvalue weighted by atomic mass is 9.92. The molecule has 6 N–H and O–H groups in total. The van der Waals surface area contributed by atoms with E-state index in [0.29, 0.717) is 36.4 Å². The van der Waals surface area contributed by atoms with Crippen molar-refractivity contribution < 1.29 is 43.3 Å². The molecule has 0 radical (unpaired) electrons. The molecule has 15 nitrogen and oxygen atoms in total. The molecular formula is C44H70N6O9S. The van der Waals surface area contributed by atoms with Crippen molar-refractivity contribution in [2.24, 2.45) is 23.7 Å². The number of ether oxygens (including phenoxy) is 2. The maximum Gasteiger partial charge on any atom is 0.307 e. The molecule has 1 aromatic heterocycles. The van der Waals surface area contributed by atoms with E-state index in [0.717, 1.165) is 36.3 Å². The Labute approximate surface area is 360 Å². The first-order chi connectivity index (χ1) is 28.4. The van der Waals surface area contributed by atoms with Crippen LogP contribution >= 0.6 is 11.3 Å². The summed E-state index contributed by atoms with van der Waals surface area (Å²) in [5.74, 6) is -4.44. The molecule has 1 aromatic carbocycles. The number of hydrogen-bond donors (Lipinski definition) is 5. The van der Waals surface area contributed by atoms with Crippen LogP contribution in [0.25, 0.3) is 0 Å². The third-order valence-corrected chi connectivity index (χ3v) is 11.4. The molecule has 0 bridgehead atoms. The monoisotopic (exact) mass is 858 g/mol. The van der Waals surface area contributed by atoms with Crippen molar-refractivity contribution in [3.63, 3.8) is 0 Å². The second kappa shape index (κ2) is 26.6. The van der Waals surface area contributed by atoms with Crippen molar-refractivity contribution in [3.8, 4) is 0 Å². The molecule has 0 spiro atoms. The fourth-order valence-electron chi connectivity index (χ4n) is 6.71. The van der Waals surface area contributed by atoms with Gasteiger partial charge in [0.1, 0.15) is 16.7 Å². The largest absolute Gasteiger partial charge is 0.481 e. The van der Waals surface area contributed by atoms with Crippen LogP contribution in [0.1, 0.15) is 140 Å². The molecule has 0 aliphatic rings. The summed E-state index contributed by atoms with van der Waals surface area (Å²) in [6.45, 7) is 14.7. The molecule has 0 aliphatic heterocycles. The van der Waals surface area contributed by atoms with E-state index in [2.05, 4.69) is 20.9 Å². The first-order valence-corrected chi connectivity index (χ1v) is 22.1. The molecule has 2 rings (SSSR count). The van der Waals surface area contributed by atoms with Crippen LogP contribution in [0.2, 0.25) is 0 Å². The Morgan fingerprint density at radius 2 is 1.63 bits per heavy atom. The quantitative estimate of drug-likeness (QED) is 0.0277. The number of nitrogens with zero attached hydrogens (tertiary/aromatic N) is 2. The smallest absolute Gasteiger partial charge is 0.307 e. The van der Waals surface area contributed by atoms with E-state index < -0.39 is 59.9 Å². The van der Waals surface area contributed by atoms with Gasteiger partial charge in [0.2, 0.25) is 11.8 Å². The Morgan fingerprint density at radius 3 is 2.22 bits per heavy atom. The molecule has 0 fully saturated rings. The minimum atomic E-state index is -0.995. The Balaban J connectivity index is 2.44. The fraction of sp³-hybridized carbons (Fsp3) is 0.659. The number of carbonyl (C=O) groups excluding carboxylic acids is 5. The summed E-state index contributed by atoms with van der Waals surface area (Å²) < 4.78 is 11.5. The van der Waals surface area contributed by atoms with Crippen LogP contribution in [0, 0.1) is 23.7 Å². The summed E-state index contributed by atoms with van der Waals surface area (Å²) in [4.78, 5) is 84.8. The van der Waals surface area contributed by atoms with Gasteiger partial charge in [-0.05, 0) is 81.1 Å². The number of nitrogens with one attached hydrogen (secondary N) is 3. The molecule has 3 amide bonds. The molecule has 0 saturated carbocycles. The molecule has 16 heteroatoms. The lowest BCUT2D eigenvalue weighted by molar-refractivity contribution is -0.160. The summed E-state index contributed by atoms with van der Waals surface area (Å²) >= 11 is 1.12. The number of hydrogen-bond acceptors (Lipinski definition) is 12. The summed E-state index contributed by atoms with van der Waals surface area (Å²) in [5, 5.41) is 20.5. The van der Waals surface area contributed by atoms with E-state index in [1.807, 2.05) is 60.7 Å². The number of nitrogen functional groups attached to an aromatic ring is 1. The van der Waals surface area contributed by atoms with E-state index in [1.54, 1.807) is 24.4 Å². The number of aromatic nitrogens is 1. The highest BCUT2D eigenvalue weighted by molar-refractivity contribution is 7.09. The molecule has 2 aromatic rings. The number of carbonyl (C=O) groups is 6. The van der Waals surface area contributed by atoms with Crippen LogP contribution in [0.3, 0.4) is 0 Å². The van der Waals surface area contributed by atoms with Gasteiger partial charge in [-0.3, -0.25) is 28.8 Å². The number of anilines is 1. The maximum atomic E-state index is 14.7. The third kappa shape index (κ3) is 18.4. The average Bonchev–Trinajstić information content (AvgIpc) is 3.68. The van der Waals surface area contributed by atoms with Crippen LogP contribution < -0.4 is 21.7 Å². The molecule has 0 saturated heterocycles. The van der Waals surface area contributed by atoms with Gasteiger partial charge in [0, 0.05) is 49.3 Å². The molecule has 6 atom stereocenters. The summed E-state index contributed by atoms with van der Waals surface area (Å²) in [7, 11) is 1.88. The highest BCUT2D eigenvalue weighted by atomic mass is 32.1. The predicted octanol–water partition coefficient (Wildman–Crippen LogP) is 6.27. The molecular weight excluding hydrogens is 789 g/mol. The number of nitrogens with two attached hydrogens (primary N) is 1. The Kier molecular flexibility index (Phi) is 22.9. The number of benzene rings is 1. The number of esters is 2. The third-order valence-electron chi connectivity index (χ3n) is 10.5. The lowest BCUT2D eigenvalue weighted by Gasteiger charge is -2.38. The van der Waals surface area contributed by atoms with Crippen molar-refractivity contribution in [2.45, 2.75) is 144 Å². The first-order valence-electron chi connectivity index (χ1n) is 21.3. The lowest BCUT2D eigenvalue weighted by Crippen LogP contribution is -2.56. The van der Waals surface area contributed by atoms with Gasteiger partial charge in [0.25, 0.3) is 5.91 Å². The zero-order valence-corrected chi connectivity index (χ0v) is 37.9. The van der Waals surface area contributed by atoms with E-state index in [4.69, 9.17) is 15.2 Å². The van der Waals surface area contributed by atoms with Crippen molar-refractivity contribution in [1.82, 2.24) is 25.8 Å². The second-order valence-corrected chi connectivity index (χ2v) is 17.4. The van der Waals surface area contributed by atoms with Crippen molar-refractivity contribution in [3.05, 3.63) is 45.9 Å². The highest BCUT2D eigenvalue weighted by Crippen LogP contribution is 2.32. The van der Waals surface area contributed by atoms with E-state index in [9.17, 15) is 33.9 Å². The number of rotatable bonds is 28. The predicted molar refractivity (Wildman–Crippen MR) is 233 cm³/mol. The van der Waals surface area contributed by atoms with Crippen LogP contribution in [0.5, 0.6) is 0 Å². The minimum Gasteiger partial charge on any atom is -0.481 e. The van der Waals surface area contributed by atoms with Crippen molar-refractivity contribution in [1.29, 1.82) is 0 Å². The molecule has 1 heterocycles. The van der Waals surface area contributed by atoms with Crippen molar-refractivity contribution in [2.75, 3.05) is 26.1 Å². The topological polar surface area (TPSA) is 219 Å². The average molecular weight is 859 g/mol. The van der Waals surface area contributed by atoms with Gasteiger partial charge >= 0.3 is 17.9 Å². The van der Waals surface area contributed by atoms with Gasteiger partial charge < -0.3 is 41.2 Å². The van der Waals surface area contributed by atoms with Gasteiger partial charge in [-0.2, -0.15) is 0 Å². The minimum absolute atomic E-state index is 0.0204. The number of aryl methyl sites for hydroxylation is 1. The molecule has 60 heavy (non-hydrogen) atoms. The van der Waals surface area contributed by atoms with Crippen molar-refractivity contribution >= 4 is 52.7 Å².